The van der Waals surface area contributed by atoms with E-state index in [4.69, 9.17) is 10.5 Å². The molecular formula is C21H24N6O2S. The van der Waals surface area contributed by atoms with Crippen LogP contribution in [0.1, 0.15) is 24.4 Å². The largest absolute Gasteiger partial charge is 0.495 e. The smallest absolute Gasteiger partial charge is 0.232 e. The number of nitrogens with two attached hydrogens (primary N) is 1. The monoisotopic (exact) mass is 424 g/mol. The molecule has 1 atom stereocenters. The van der Waals surface area contributed by atoms with E-state index in [-0.39, 0.29) is 23.7 Å². The number of nitrogens with zero attached hydrogens (tertiary/aromatic N) is 3. The molecule has 4 N–H and O–H groups in total. The van der Waals surface area contributed by atoms with Gasteiger partial charge in [-0.3, -0.25) is 4.79 Å². The minimum absolute atomic E-state index is 0.0502. The second kappa shape index (κ2) is 10.4. The van der Waals surface area contributed by atoms with Gasteiger partial charge in [-0.25, -0.2) is 0 Å². The molecule has 0 radical (unpaired) electrons. The molecule has 156 valence electrons. The van der Waals surface area contributed by atoms with E-state index in [0.29, 0.717) is 23.3 Å². The van der Waals surface area contributed by atoms with Crippen LogP contribution in [0.3, 0.4) is 0 Å². The first-order valence-electron chi connectivity index (χ1n) is 9.37. The predicted octanol–water partition coefficient (Wildman–Crippen LogP) is 3.32. The van der Waals surface area contributed by atoms with E-state index in [2.05, 4.69) is 25.6 Å². The number of hydrogen-bond donors (Lipinski definition) is 3. The third-order valence-corrected chi connectivity index (χ3v) is 5.12. The van der Waals surface area contributed by atoms with Crippen molar-refractivity contribution in [2.24, 2.45) is 0 Å². The number of thioether (sulfide) groups is 1. The molecule has 1 heterocycles. The molecule has 0 saturated carbocycles. The van der Waals surface area contributed by atoms with Gasteiger partial charge in [0.15, 0.2) is 0 Å². The van der Waals surface area contributed by atoms with Crippen LogP contribution in [0.2, 0.25) is 0 Å². The molecule has 0 aliphatic carbocycles. The summed E-state index contributed by atoms with van der Waals surface area (Å²) in [5, 5.41) is 6.08. The van der Waals surface area contributed by atoms with Gasteiger partial charge in [-0.05, 0) is 24.6 Å². The highest BCUT2D eigenvalue weighted by atomic mass is 32.2. The van der Waals surface area contributed by atoms with Crippen LogP contribution >= 0.6 is 11.8 Å². The van der Waals surface area contributed by atoms with Crippen molar-refractivity contribution in [3.05, 3.63) is 66.0 Å². The van der Waals surface area contributed by atoms with Crippen molar-refractivity contribution in [1.29, 1.82) is 0 Å². The van der Waals surface area contributed by atoms with E-state index >= 15 is 0 Å². The van der Waals surface area contributed by atoms with Crippen LogP contribution in [0, 0.1) is 0 Å². The van der Waals surface area contributed by atoms with Crippen molar-refractivity contribution in [3.8, 4) is 5.75 Å². The van der Waals surface area contributed by atoms with Gasteiger partial charge in [0.1, 0.15) is 11.6 Å². The summed E-state index contributed by atoms with van der Waals surface area (Å²) in [4.78, 5) is 24.9. The number of carbonyl (C=O) groups is 1. The molecule has 1 aromatic heterocycles. The van der Waals surface area contributed by atoms with Crippen LogP contribution in [0.4, 0.5) is 17.6 Å². The summed E-state index contributed by atoms with van der Waals surface area (Å²) >= 11 is 1.41. The van der Waals surface area contributed by atoms with Gasteiger partial charge in [-0.15, -0.1) is 11.8 Å². The molecule has 0 bridgehead atoms. The Balaban J connectivity index is 1.55. The zero-order valence-electron chi connectivity index (χ0n) is 16.8. The average molecular weight is 425 g/mol. The van der Waals surface area contributed by atoms with Crippen molar-refractivity contribution in [2.75, 3.05) is 23.9 Å². The van der Waals surface area contributed by atoms with Gasteiger partial charge in [0, 0.05) is 0 Å². The van der Waals surface area contributed by atoms with Gasteiger partial charge in [0.2, 0.25) is 17.8 Å². The standard InChI is InChI=1S/C21H24N6O2S/c1-14(15-8-4-3-5-9-15)23-19(28)13-30-12-18-25-20(22)27-21(26-18)24-16-10-6-7-11-17(16)29-2/h3-11,14H,12-13H2,1-2H3,(H,23,28)(H3,22,24,25,26,27). The van der Waals surface area contributed by atoms with E-state index in [1.807, 2.05) is 61.5 Å². The highest BCUT2D eigenvalue weighted by molar-refractivity contribution is 7.99. The second-order valence-electron chi connectivity index (χ2n) is 6.45. The molecule has 3 rings (SSSR count). The van der Waals surface area contributed by atoms with Crippen molar-refractivity contribution in [1.82, 2.24) is 20.3 Å². The van der Waals surface area contributed by atoms with Crippen molar-refractivity contribution in [3.63, 3.8) is 0 Å². The third kappa shape index (κ3) is 6.08. The van der Waals surface area contributed by atoms with Gasteiger partial charge in [0.05, 0.1) is 30.3 Å². The normalized spacial score (nSPS) is 11.5. The lowest BCUT2D eigenvalue weighted by Gasteiger charge is -2.14. The number of ether oxygens (including phenoxy) is 1. The van der Waals surface area contributed by atoms with E-state index in [1.165, 1.54) is 11.8 Å². The summed E-state index contributed by atoms with van der Waals surface area (Å²) in [5.74, 6) is 2.26. The number of benzene rings is 2. The Hall–Kier alpha value is -3.33. The SMILES string of the molecule is COc1ccccc1Nc1nc(N)nc(CSCC(=O)NC(C)c2ccccc2)n1. The molecule has 3 aromatic rings. The van der Waals surface area contributed by atoms with Crippen molar-refractivity contribution < 1.29 is 9.53 Å². The van der Waals surface area contributed by atoms with E-state index < -0.39 is 0 Å². The van der Waals surface area contributed by atoms with Crippen LogP contribution in [-0.4, -0.2) is 33.7 Å². The molecule has 1 amide bonds. The zero-order chi connectivity index (χ0) is 21.3. The summed E-state index contributed by atoms with van der Waals surface area (Å²) in [6, 6.07) is 17.2. The summed E-state index contributed by atoms with van der Waals surface area (Å²) in [7, 11) is 1.59. The number of hydrogen-bond acceptors (Lipinski definition) is 8. The fourth-order valence-corrected chi connectivity index (χ4v) is 3.45. The average Bonchev–Trinajstić information content (AvgIpc) is 2.74. The van der Waals surface area contributed by atoms with Crippen molar-refractivity contribution in [2.45, 2.75) is 18.7 Å². The van der Waals surface area contributed by atoms with Gasteiger partial charge < -0.3 is 21.1 Å². The Morgan fingerprint density at radius 3 is 2.60 bits per heavy atom. The Kier molecular flexibility index (Phi) is 7.45. The van der Waals surface area contributed by atoms with E-state index in [9.17, 15) is 4.79 Å². The summed E-state index contributed by atoms with van der Waals surface area (Å²) in [6.07, 6.45) is 0. The van der Waals surface area contributed by atoms with Gasteiger partial charge in [-0.2, -0.15) is 15.0 Å². The zero-order valence-corrected chi connectivity index (χ0v) is 17.6. The Bertz CT molecular complexity index is 986. The first-order valence-corrected chi connectivity index (χ1v) is 10.5. The lowest BCUT2D eigenvalue weighted by Crippen LogP contribution is -2.28. The molecular weight excluding hydrogens is 400 g/mol. The number of carbonyl (C=O) groups excluding carboxylic acids is 1. The third-order valence-electron chi connectivity index (χ3n) is 4.19. The minimum atomic E-state index is -0.0521. The van der Waals surface area contributed by atoms with Gasteiger partial charge in [-0.1, -0.05) is 42.5 Å². The topological polar surface area (TPSA) is 115 Å². The fraction of sp³-hybridized carbons (Fsp3) is 0.238. The first-order chi connectivity index (χ1) is 14.5. The Labute approximate surface area is 179 Å². The van der Waals surface area contributed by atoms with Gasteiger partial charge >= 0.3 is 0 Å². The maximum atomic E-state index is 12.2. The number of nitrogen functional groups attached to an aromatic ring is 1. The molecule has 8 nitrogen and oxygen atoms in total. The van der Waals surface area contributed by atoms with E-state index in [1.54, 1.807) is 7.11 Å². The summed E-state index contributed by atoms with van der Waals surface area (Å²) in [6.45, 7) is 1.96. The molecule has 0 spiro atoms. The molecule has 1 unspecified atom stereocenters. The fourth-order valence-electron chi connectivity index (χ4n) is 2.77. The maximum Gasteiger partial charge on any atom is 0.232 e. The summed E-state index contributed by atoms with van der Waals surface area (Å²) < 4.78 is 5.32. The summed E-state index contributed by atoms with van der Waals surface area (Å²) in [5.41, 5.74) is 7.61. The number of rotatable bonds is 9. The van der Waals surface area contributed by atoms with Gasteiger partial charge in [0.25, 0.3) is 0 Å². The quantitative estimate of drug-likeness (QED) is 0.479. The number of amides is 1. The first kappa shape index (κ1) is 21.4. The Morgan fingerprint density at radius 2 is 1.83 bits per heavy atom. The van der Waals surface area contributed by atoms with Crippen LogP contribution in [0.15, 0.2) is 54.6 Å². The highest BCUT2D eigenvalue weighted by Gasteiger charge is 2.11. The second-order valence-corrected chi connectivity index (χ2v) is 7.44. The Morgan fingerprint density at radius 1 is 1.10 bits per heavy atom. The molecule has 2 aromatic carbocycles. The van der Waals surface area contributed by atoms with Crippen LogP contribution < -0.4 is 21.1 Å². The lowest BCUT2D eigenvalue weighted by molar-refractivity contribution is -0.119. The number of para-hydroxylation sites is 2. The minimum Gasteiger partial charge on any atom is -0.495 e. The number of aromatic nitrogens is 3. The van der Waals surface area contributed by atoms with E-state index in [0.717, 1.165) is 11.3 Å². The molecule has 0 fully saturated rings. The maximum absolute atomic E-state index is 12.2. The number of nitrogens with one attached hydrogen (secondary N) is 2. The highest BCUT2D eigenvalue weighted by Crippen LogP contribution is 2.26. The molecule has 9 heteroatoms. The molecule has 0 aliphatic heterocycles. The predicted molar refractivity (Wildman–Crippen MR) is 120 cm³/mol. The van der Waals surface area contributed by atoms with Crippen LogP contribution in [-0.2, 0) is 10.5 Å². The van der Waals surface area contributed by atoms with Crippen LogP contribution in [0.25, 0.3) is 0 Å². The molecule has 0 aliphatic rings. The molecule has 0 saturated heterocycles. The van der Waals surface area contributed by atoms with Crippen molar-refractivity contribution >= 4 is 35.3 Å². The molecule has 30 heavy (non-hydrogen) atoms. The number of anilines is 3. The number of methoxy groups -OCH3 is 1. The lowest BCUT2D eigenvalue weighted by atomic mass is 10.1. The van der Waals surface area contributed by atoms with Crippen LogP contribution in [0.5, 0.6) is 5.75 Å².